The molecule has 0 unspecified atom stereocenters. The Morgan fingerprint density at radius 2 is 2.06 bits per heavy atom. The van der Waals surface area contributed by atoms with Crippen molar-refractivity contribution in [2.75, 3.05) is 20.3 Å². The first kappa shape index (κ1) is 13.0. The third-order valence-electron chi connectivity index (χ3n) is 1.71. The summed E-state index contributed by atoms with van der Waals surface area (Å²) in [6.07, 6.45) is 1.41. The number of nitrogens with zero attached hydrogens (tertiary/aromatic N) is 1. The van der Waals surface area contributed by atoms with E-state index in [2.05, 4.69) is 4.99 Å². The average molecular weight is 262 g/mol. The Hall–Kier alpha value is -1.06. The first-order valence-electron chi connectivity index (χ1n) is 4.37. The standard InChI is InChI=1S/C10H9Cl2NO3/c1-15-2-3-16-10-5-9(13-6-14)7(11)4-8(10)12/h4-5H,2-3H2,1H3. The van der Waals surface area contributed by atoms with E-state index in [9.17, 15) is 4.79 Å². The van der Waals surface area contributed by atoms with Crippen molar-refractivity contribution in [1.82, 2.24) is 0 Å². The van der Waals surface area contributed by atoms with E-state index in [1.807, 2.05) is 0 Å². The fourth-order valence-electron chi connectivity index (χ4n) is 0.999. The van der Waals surface area contributed by atoms with Gasteiger partial charge in [0.25, 0.3) is 0 Å². The zero-order chi connectivity index (χ0) is 12.0. The van der Waals surface area contributed by atoms with E-state index in [4.69, 9.17) is 32.7 Å². The van der Waals surface area contributed by atoms with Crippen molar-refractivity contribution < 1.29 is 14.3 Å². The second-order valence-corrected chi connectivity index (χ2v) is 3.59. The van der Waals surface area contributed by atoms with Crippen LogP contribution in [0, 0.1) is 0 Å². The van der Waals surface area contributed by atoms with Crippen LogP contribution in [-0.4, -0.2) is 26.4 Å². The van der Waals surface area contributed by atoms with Crippen LogP contribution < -0.4 is 4.74 Å². The van der Waals surface area contributed by atoms with Crippen LogP contribution in [0.4, 0.5) is 5.69 Å². The van der Waals surface area contributed by atoms with E-state index < -0.39 is 0 Å². The number of hydrogen-bond donors (Lipinski definition) is 0. The lowest BCUT2D eigenvalue weighted by Gasteiger charge is -2.08. The van der Waals surface area contributed by atoms with Gasteiger partial charge in [0.15, 0.2) is 0 Å². The Balaban J connectivity index is 2.91. The topological polar surface area (TPSA) is 47.9 Å². The normalized spacial score (nSPS) is 9.69. The molecular weight excluding hydrogens is 253 g/mol. The highest BCUT2D eigenvalue weighted by Gasteiger charge is 2.07. The molecule has 1 aromatic rings. The number of methoxy groups -OCH3 is 1. The smallest absolute Gasteiger partial charge is 0.240 e. The number of aliphatic imine (C=N–C) groups is 1. The SMILES string of the molecule is COCCOc1cc(N=C=O)c(Cl)cc1Cl. The molecule has 0 bridgehead atoms. The molecule has 0 N–H and O–H groups in total. The number of ether oxygens (including phenoxy) is 2. The second-order valence-electron chi connectivity index (χ2n) is 2.78. The van der Waals surface area contributed by atoms with E-state index >= 15 is 0 Å². The lowest BCUT2D eigenvalue weighted by molar-refractivity contribution is 0.146. The van der Waals surface area contributed by atoms with Gasteiger partial charge in [0.05, 0.1) is 22.3 Å². The molecular formula is C10H9Cl2NO3. The maximum atomic E-state index is 10.1. The lowest BCUT2D eigenvalue weighted by Crippen LogP contribution is -2.04. The number of benzene rings is 1. The van der Waals surface area contributed by atoms with Gasteiger partial charge in [-0.05, 0) is 6.07 Å². The number of carbonyl (C=O) groups excluding carboxylic acids is 1. The van der Waals surface area contributed by atoms with Gasteiger partial charge in [-0.15, -0.1) is 0 Å². The highest BCUT2D eigenvalue weighted by atomic mass is 35.5. The predicted molar refractivity (Wildman–Crippen MR) is 61.6 cm³/mol. The summed E-state index contributed by atoms with van der Waals surface area (Å²) in [5, 5.41) is 0.624. The molecule has 0 saturated heterocycles. The van der Waals surface area contributed by atoms with Crippen LogP contribution in [-0.2, 0) is 9.53 Å². The average Bonchev–Trinajstić information content (AvgIpc) is 2.25. The van der Waals surface area contributed by atoms with Gasteiger partial charge in [0.2, 0.25) is 6.08 Å². The van der Waals surface area contributed by atoms with Crippen molar-refractivity contribution in [3.8, 4) is 5.75 Å². The molecule has 0 spiro atoms. The highest BCUT2D eigenvalue weighted by molar-refractivity contribution is 6.37. The minimum atomic E-state index is 0.271. The maximum absolute atomic E-state index is 10.1. The van der Waals surface area contributed by atoms with Gasteiger partial charge in [-0.3, -0.25) is 0 Å². The largest absolute Gasteiger partial charge is 0.490 e. The van der Waals surface area contributed by atoms with Crippen LogP contribution in [0.25, 0.3) is 0 Å². The summed E-state index contributed by atoms with van der Waals surface area (Å²) in [5.41, 5.74) is 0.272. The first-order valence-corrected chi connectivity index (χ1v) is 5.13. The van der Waals surface area contributed by atoms with Crippen LogP contribution in [0.1, 0.15) is 0 Å². The van der Waals surface area contributed by atoms with Gasteiger partial charge in [0.1, 0.15) is 12.4 Å². The summed E-state index contributed by atoms with van der Waals surface area (Å²) in [5.74, 6) is 0.400. The summed E-state index contributed by atoms with van der Waals surface area (Å²) >= 11 is 11.7. The molecule has 1 rings (SSSR count). The molecule has 0 aliphatic rings. The maximum Gasteiger partial charge on any atom is 0.240 e. The predicted octanol–water partition coefficient (Wildman–Crippen LogP) is 2.99. The van der Waals surface area contributed by atoms with Crippen molar-refractivity contribution >= 4 is 35.0 Å². The zero-order valence-electron chi connectivity index (χ0n) is 8.50. The fourth-order valence-corrected chi connectivity index (χ4v) is 1.48. The molecule has 0 saturated carbocycles. The monoisotopic (exact) mass is 261 g/mol. The van der Waals surface area contributed by atoms with E-state index in [1.54, 1.807) is 7.11 Å². The molecule has 0 amide bonds. The summed E-state index contributed by atoms with van der Waals surface area (Å²) in [4.78, 5) is 13.6. The summed E-state index contributed by atoms with van der Waals surface area (Å²) in [6, 6.07) is 2.94. The molecule has 16 heavy (non-hydrogen) atoms. The number of rotatable bonds is 5. The number of isocyanates is 1. The van der Waals surface area contributed by atoms with Crippen molar-refractivity contribution in [3.63, 3.8) is 0 Å². The van der Waals surface area contributed by atoms with E-state index in [-0.39, 0.29) is 10.7 Å². The number of hydrogen-bond acceptors (Lipinski definition) is 4. The molecule has 0 aliphatic carbocycles. The summed E-state index contributed by atoms with van der Waals surface area (Å²) in [7, 11) is 1.56. The van der Waals surface area contributed by atoms with Crippen LogP contribution in [0.5, 0.6) is 5.75 Å². The molecule has 6 heteroatoms. The number of halogens is 2. The molecule has 0 heterocycles. The molecule has 0 aromatic heterocycles. The summed E-state index contributed by atoms with van der Waals surface area (Å²) in [6.45, 7) is 0.785. The Morgan fingerprint density at radius 3 is 2.69 bits per heavy atom. The molecule has 0 atom stereocenters. The van der Waals surface area contributed by atoms with Crippen molar-refractivity contribution in [2.45, 2.75) is 0 Å². The van der Waals surface area contributed by atoms with E-state index in [0.29, 0.717) is 24.0 Å². The molecule has 0 fully saturated rings. The van der Waals surface area contributed by atoms with Crippen molar-refractivity contribution in [2.24, 2.45) is 4.99 Å². The highest BCUT2D eigenvalue weighted by Crippen LogP contribution is 2.35. The van der Waals surface area contributed by atoms with E-state index in [1.165, 1.54) is 18.2 Å². The van der Waals surface area contributed by atoms with Crippen LogP contribution in [0.2, 0.25) is 10.0 Å². The fraction of sp³-hybridized carbons (Fsp3) is 0.300. The molecule has 86 valence electrons. The van der Waals surface area contributed by atoms with Gasteiger partial charge in [0, 0.05) is 13.2 Å². The molecule has 4 nitrogen and oxygen atoms in total. The lowest BCUT2D eigenvalue weighted by atomic mass is 10.3. The van der Waals surface area contributed by atoms with Gasteiger partial charge >= 0.3 is 0 Å². The first-order chi connectivity index (χ1) is 7.69. The molecule has 0 aliphatic heterocycles. The zero-order valence-corrected chi connectivity index (χ0v) is 10.0. The van der Waals surface area contributed by atoms with Gasteiger partial charge in [-0.1, -0.05) is 23.2 Å². The van der Waals surface area contributed by atoms with Crippen molar-refractivity contribution in [1.29, 1.82) is 0 Å². The Morgan fingerprint density at radius 1 is 1.31 bits per heavy atom. The van der Waals surface area contributed by atoms with Crippen LogP contribution >= 0.6 is 23.2 Å². The van der Waals surface area contributed by atoms with Gasteiger partial charge in [-0.2, -0.15) is 4.99 Å². The van der Waals surface area contributed by atoms with Crippen molar-refractivity contribution in [3.05, 3.63) is 22.2 Å². The minimum Gasteiger partial charge on any atom is -0.490 e. The van der Waals surface area contributed by atoms with Gasteiger partial charge < -0.3 is 9.47 Å². The molecule has 0 radical (unpaired) electrons. The summed E-state index contributed by atoms with van der Waals surface area (Å²) < 4.78 is 10.1. The van der Waals surface area contributed by atoms with Gasteiger partial charge in [-0.25, -0.2) is 4.79 Å². The Kier molecular flexibility index (Phi) is 5.29. The van der Waals surface area contributed by atoms with Crippen LogP contribution in [0.15, 0.2) is 17.1 Å². The molecule has 1 aromatic carbocycles. The van der Waals surface area contributed by atoms with Crippen LogP contribution in [0.3, 0.4) is 0 Å². The minimum absolute atomic E-state index is 0.271. The quantitative estimate of drug-likeness (QED) is 0.465. The Bertz CT molecular complexity index is 417. The van der Waals surface area contributed by atoms with E-state index in [0.717, 1.165) is 0 Å². The third kappa shape index (κ3) is 3.51. The third-order valence-corrected chi connectivity index (χ3v) is 2.31. The second kappa shape index (κ2) is 6.51. The Labute approximate surface area is 103 Å².